The largest absolute Gasteiger partial charge is 0.418 e. The zero-order chi connectivity index (χ0) is 12.5. The number of nitrogens with two attached hydrogens (primary N) is 1. The summed E-state index contributed by atoms with van der Waals surface area (Å²) >= 11 is 0. The highest BCUT2D eigenvalue weighted by Crippen LogP contribution is 2.23. The maximum absolute atomic E-state index is 12.9. The van der Waals surface area contributed by atoms with Gasteiger partial charge in [-0.05, 0) is 29.8 Å². The van der Waals surface area contributed by atoms with Crippen LogP contribution in [0, 0.1) is 5.95 Å². The van der Waals surface area contributed by atoms with Crippen LogP contribution in [0.1, 0.15) is 5.56 Å². The topological polar surface area (TPSA) is 64.9 Å². The summed E-state index contributed by atoms with van der Waals surface area (Å²) in [6, 6.07) is 10.3. The molecule has 0 atom stereocenters. The minimum atomic E-state index is -0.580. The molecule has 90 valence electrons. The van der Waals surface area contributed by atoms with Crippen molar-refractivity contribution < 1.29 is 8.81 Å². The number of pyridine rings is 1. The number of aromatic nitrogens is 2. The van der Waals surface area contributed by atoms with E-state index < -0.39 is 5.95 Å². The SMILES string of the molecule is NCc1ccc(-c2nc3ccc(F)nc3o2)cc1. The zero-order valence-electron chi connectivity index (χ0n) is 9.43. The van der Waals surface area contributed by atoms with Gasteiger partial charge in [0, 0.05) is 12.1 Å². The highest BCUT2D eigenvalue weighted by atomic mass is 19.1. The monoisotopic (exact) mass is 243 g/mol. The van der Waals surface area contributed by atoms with Crippen LogP contribution < -0.4 is 5.73 Å². The molecule has 0 saturated carbocycles. The summed E-state index contributed by atoms with van der Waals surface area (Å²) in [4.78, 5) is 7.89. The van der Waals surface area contributed by atoms with Crippen LogP contribution in [0.25, 0.3) is 22.7 Å². The number of rotatable bonds is 2. The molecule has 1 aromatic carbocycles. The summed E-state index contributed by atoms with van der Waals surface area (Å²) in [5.74, 6) is -0.157. The zero-order valence-corrected chi connectivity index (χ0v) is 9.43. The normalized spacial score (nSPS) is 11.0. The first-order valence-corrected chi connectivity index (χ1v) is 5.49. The summed E-state index contributed by atoms with van der Waals surface area (Å²) in [6.07, 6.45) is 0. The van der Waals surface area contributed by atoms with Gasteiger partial charge in [0.15, 0.2) is 0 Å². The second-order valence-corrected chi connectivity index (χ2v) is 3.88. The predicted molar refractivity (Wildman–Crippen MR) is 65.1 cm³/mol. The third-order valence-corrected chi connectivity index (χ3v) is 2.66. The third kappa shape index (κ3) is 1.84. The van der Waals surface area contributed by atoms with Crippen LogP contribution in [-0.2, 0) is 6.54 Å². The van der Waals surface area contributed by atoms with E-state index in [4.69, 9.17) is 10.2 Å². The summed E-state index contributed by atoms with van der Waals surface area (Å²) in [6.45, 7) is 0.487. The van der Waals surface area contributed by atoms with Crippen molar-refractivity contribution in [2.45, 2.75) is 6.54 Å². The van der Waals surface area contributed by atoms with E-state index in [0.717, 1.165) is 11.1 Å². The molecule has 0 fully saturated rings. The van der Waals surface area contributed by atoms with Crippen molar-refractivity contribution in [3.63, 3.8) is 0 Å². The number of halogens is 1. The molecule has 0 aliphatic rings. The quantitative estimate of drug-likeness (QED) is 0.702. The number of hydrogen-bond donors (Lipinski definition) is 1. The first-order chi connectivity index (χ1) is 8.76. The first-order valence-electron chi connectivity index (χ1n) is 5.49. The predicted octanol–water partition coefficient (Wildman–Crippen LogP) is 2.49. The Bertz CT molecular complexity index is 691. The van der Waals surface area contributed by atoms with Gasteiger partial charge in [0.25, 0.3) is 0 Å². The molecular formula is C13H10FN3O. The van der Waals surface area contributed by atoms with E-state index in [0.29, 0.717) is 18.0 Å². The Morgan fingerprint density at radius 1 is 1.06 bits per heavy atom. The molecule has 0 radical (unpaired) electrons. The molecule has 4 nitrogen and oxygen atoms in total. The van der Waals surface area contributed by atoms with Crippen LogP contribution in [-0.4, -0.2) is 9.97 Å². The Morgan fingerprint density at radius 3 is 2.56 bits per heavy atom. The summed E-state index contributed by atoms with van der Waals surface area (Å²) < 4.78 is 18.3. The van der Waals surface area contributed by atoms with E-state index in [2.05, 4.69) is 9.97 Å². The van der Waals surface area contributed by atoms with Gasteiger partial charge in [-0.3, -0.25) is 0 Å². The minimum absolute atomic E-state index is 0.202. The first kappa shape index (κ1) is 10.9. The van der Waals surface area contributed by atoms with Crippen molar-refractivity contribution in [2.75, 3.05) is 0 Å². The fraction of sp³-hybridized carbons (Fsp3) is 0.0769. The molecular weight excluding hydrogens is 233 g/mol. The maximum atomic E-state index is 12.9. The molecule has 0 saturated heterocycles. The van der Waals surface area contributed by atoms with Crippen LogP contribution >= 0.6 is 0 Å². The lowest BCUT2D eigenvalue weighted by Crippen LogP contribution is -1.95. The molecule has 0 bridgehead atoms. The standard InChI is InChI=1S/C13H10FN3O/c14-11-6-5-10-13(17-11)18-12(16-10)9-3-1-8(7-15)2-4-9/h1-6H,7,15H2. The second kappa shape index (κ2) is 4.19. The van der Waals surface area contributed by atoms with Gasteiger partial charge < -0.3 is 10.2 Å². The third-order valence-electron chi connectivity index (χ3n) is 2.66. The fourth-order valence-electron chi connectivity index (χ4n) is 1.70. The number of nitrogens with zero attached hydrogens (tertiary/aromatic N) is 2. The van der Waals surface area contributed by atoms with Gasteiger partial charge >= 0.3 is 0 Å². The molecule has 0 unspecified atom stereocenters. The summed E-state index contributed by atoms with van der Waals surface area (Å²) in [5, 5.41) is 0. The molecule has 5 heteroatoms. The van der Waals surface area contributed by atoms with Crippen LogP contribution in [0.15, 0.2) is 40.8 Å². The van der Waals surface area contributed by atoms with E-state index in [-0.39, 0.29) is 5.71 Å². The number of oxazole rings is 1. The van der Waals surface area contributed by atoms with Crippen LogP contribution in [0.5, 0.6) is 0 Å². The van der Waals surface area contributed by atoms with Crippen LogP contribution in [0.2, 0.25) is 0 Å². The van der Waals surface area contributed by atoms with Gasteiger partial charge in [-0.15, -0.1) is 0 Å². The van der Waals surface area contributed by atoms with Gasteiger partial charge in [-0.2, -0.15) is 9.37 Å². The Balaban J connectivity index is 2.07. The van der Waals surface area contributed by atoms with Gasteiger partial charge in [-0.1, -0.05) is 12.1 Å². The lowest BCUT2D eigenvalue weighted by Gasteiger charge is -1.97. The fourth-order valence-corrected chi connectivity index (χ4v) is 1.70. The van der Waals surface area contributed by atoms with Crippen molar-refractivity contribution in [3.8, 4) is 11.5 Å². The van der Waals surface area contributed by atoms with Gasteiger partial charge in [0.1, 0.15) is 5.52 Å². The average molecular weight is 243 g/mol. The van der Waals surface area contributed by atoms with Crippen molar-refractivity contribution in [3.05, 3.63) is 47.9 Å². The molecule has 2 aromatic heterocycles. The second-order valence-electron chi connectivity index (χ2n) is 3.88. The molecule has 3 rings (SSSR count). The molecule has 3 aromatic rings. The number of benzene rings is 1. The molecule has 2 heterocycles. The lowest BCUT2D eigenvalue weighted by molar-refractivity contribution is 0.559. The van der Waals surface area contributed by atoms with Crippen molar-refractivity contribution >= 4 is 11.2 Å². The van der Waals surface area contributed by atoms with Crippen molar-refractivity contribution in [1.82, 2.24) is 9.97 Å². The Hall–Kier alpha value is -2.27. The van der Waals surface area contributed by atoms with Crippen LogP contribution in [0.4, 0.5) is 4.39 Å². The molecule has 0 aliphatic heterocycles. The molecule has 2 N–H and O–H groups in total. The minimum Gasteiger partial charge on any atom is -0.418 e. The van der Waals surface area contributed by atoms with Crippen molar-refractivity contribution in [1.29, 1.82) is 0 Å². The summed E-state index contributed by atoms with van der Waals surface area (Å²) in [5.41, 5.74) is 8.10. The van der Waals surface area contributed by atoms with E-state index in [1.165, 1.54) is 6.07 Å². The van der Waals surface area contributed by atoms with Gasteiger partial charge in [0.2, 0.25) is 17.6 Å². The lowest BCUT2D eigenvalue weighted by atomic mass is 10.1. The summed E-state index contributed by atoms with van der Waals surface area (Å²) in [7, 11) is 0. The van der Waals surface area contributed by atoms with Crippen molar-refractivity contribution in [2.24, 2.45) is 5.73 Å². The highest BCUT2D eigenvalue weighted by Gasteiger charge is 2.09. The Labute approximate surface area is 102 Å². The van der Waals surface area contributed by atoms with E-state index in [1.54, 1.807) is 6.07 Å². The Morgan fingerprint density at radius 2 is 1.83 bits per heavy atom. The van der Waals surface area contributed by atoms with Gasteiger partial charge in [-0.25, -0.2) is 4.98 Å². The number of fused-ring (bicyclic) bond motifs is 1. The average Bonchev–Trinajstić information content (AvgIpc) is 2.81. The highest BCUT2D eigenvalue weighted by molar-refractivity contribution is 5.72. The molecule has 0 spiro atoms. The molecule has 0 aliphatic carbocycles. The molecule has 18 heavy (non-hydrogen) atoms. The van der Waals surface area contributed by atoms with Gasteiger partial charge in [0.05, 0.1) is 0 Å². The van der Waals surface area contributed by atoms with E-state index in [1.807, 2.05) is 24.3 Å². The van der Waals surface area contributed by atoms with E-state index in [9.17, 15) is 4.39 Å². The maximum Gasteiger partial charge on any atom is 0.250 e. The van der Waals surface area contributed by atoms with E-state index >= 15 is 0 Å². The Kier molecular flexibility index (Phi) is 2.53. The van der Waals surface area contributed by atoms with Crippen LogP contribution in [0.3, 0.4) is 0 Å². The smallest absolute Gasteiger partial charge is 0.250 e. The number of hydrogen-bond acceptors (Lipinski definition) is 4. The molecule has 0 amide bonds.